The second-order valence-electron chi connectivity index (χ2n) is 8.69. The molecule has 0 aromatic heterocycles. The number of rotatable bonds is 8. The normalized spacial score (nSPS) is 16.6. The summed E-state index contributed by atoms with van der Waals surface area (Å²) >= 11 is 2.03. The Balaban J connectivity index is 1.48. The average molecular weight is 629 g/mol. The van der Waals surface area contributed by atoms with Crippen LogP contribution in [-0.2, 0) is 26.0 Å². The molecule has 2 N–H and O–H groups in total. The van der Waals surface area contributed by atoms with Gasteiger partial charge in [0, 0.05) is 16.5 Å². The highest BCUT2D eigenvalue weighted by atomic mass is 127. The van der Waals surface area contributed by atoms with Crippen molar-refractivity contribution in [1.29, 1.82) is 5.26 Å². The number of halogens is 1. The van der Waals surface area contributed by atoms with Crippen molar-refractivity contribution in [2.24, 2.45) is 0 Å². The molecule has 0 unspecified atom stereocenters. The van der Waals surface area contributed by atoms with E-state index in [2.05, 4.69) is 11.4 Å². The smallest absolute Gasteiger partial charge is 0.326 e. The summed E-state index contributed by atoms with van der Waals surface area (Å²) in [4.78, 5) is 25.2. The van der Waals surface area contributed by atoms with Crippen LogP contribution in [0.4, 0.5) is 0 Å². The summed E-state index contributed by atoms with van der Waals surface area (Å²) in [6.07, 6.45) is 0.844. The van der Waals surface area contributed by atoms with E-state index in [4.69, 9.17) is 0 Å². The quantitative estimate of drug-likeness (QED) is 0.365. The minimum absolute atomic E-state index is 0.0254. The SMILES string of the molecule is N#Cc1ccccc1-c1ccc(C[C@H](NC(=O)[C@@H]2CCCN2S(=O)(=O)c2cccc(I)c2)C(=O)O)cc1. The fourth-order valence-corrected chi connectivity index (χ4v) is 6.87. The molecule has 1 fully saturated rings. The van der Waals surface area contributed by atoms with Gasteiger partial charge in [-0.05, 0) is 76.4 Å². The molecule has 0 radical (unpaired) electrons. The molecular formula is C27H24IN3O5S. The molecule has 1 saturated heterocycles. The van der Waals surface area contributed by atoms with Gasteiger partial charge in [-0.15, -0.1) is 0 Å². The summed E-state index contributed by atoms with van der Waals surface area (Å²) in [6.45, 7) is 0.190. The first-order valence-electron chi connectivity index (χ1n) is 11.6. The number of carboxylic acids is 1. The third-order valence-corrected chi connectivity index (χ3v) is 8.85. The van der Waals surface area contributed by atoms with Gasteiger partial charge in [-0.25, -0.2) is 13.2 Å². The number of amides is 1. The topological polar surface area (TPSA) is 128 Å². The highest BCUT2D eigenvalue weighted by molar-refractivity contribution is 14.1. The maximum Gasteiger partial charge on any atom is 0.326 e. The van der Waals surface area contributed by atoms with Gasteiger partial charge in [0.05, 0.1) is 16.5 Å². The van der Waals surface area contributed by atoms with Crippen LogP contribution < -0.4 is 5.32 Å². The van der Waals surface area contributed by atoms with Crippen molar-refractivity contribution in [3.05, 3.63) is 87.5 Å². The Bertz CT molecular complexity index is 1470. The lowest BCUT2D eigenvalue weighted by Crippen LogP contribution is -2.51. The number of nitrogens with one attached hydrogen (secondary N) is 1. The van der Waals surface area contributed by atoms with E-state index in [0.717, 1.165) is 19.0 Å². The van der Waals surface area contributed by atoms with Crippen molar-refractivity contribution in [3.8, 4) is 17.2 Å². The van der Waals surface area contributed by atoms with Crippen molar-refractivity contribution >= 4 is 44.5 Å². The molecule has 190 valence electrons. The number of hydrogen-bond donors (Lipinski definition) is 2. The van der Waals surface area contributed by atoms with Gasteiger partial charge in [0.25, 0.3) is 0 Å². The minimum Gasteiger partial charge on any atom is -0.480 e. The fraction of sp³-hybridized carbons (Fsp3) is 0.222. The molecule has 1 aliphatic heterocycles. The van der Waals surface area contributed by atoms with Crippen LogP contribution in [0.2, 0.25) is 0 Å². The van der Waals surface area contributed by atoms with Gasteiger partial charge in [-0.2, -0.15) is 9.57 Å². The van der Waals surface area contributed by atoms with Gasteiger partial charge in [-0.3, -0.25) is 4.79 Å². The Labute approximate surface area is 229 Å². The number of aliphatic carboxylic acids is 1. The number of carbonyl (C=O) groups is 2. The average Bonchev–Trinajstić information content (AvgIpc) is 3.40. The zero-order valence-electron chi connectivity index (χ0n) is 19.7. The molecule has 0 bridgehead atoms. The molecule has 3 aromatic carbocycles. The van der Waals surface area contributed by atoms with E-state index in [1.54, 1.807) is 54.6 Å². The highest BCUT2D eigenvalue weighted by Crippen LogP contribution is 2.28. The minimum atomic E-state index is -3.91. The lowest BCUT2D eigenvalue weighted by Gasteiger charge is -2.25. The van der Waals surface area contributed by atoms with Gasteiger partial charge in [0.2, 0.25) is 15.9 Å². The summed E-state index contributed by atoms with van der Waals surface area (Å²) in [5.41, 5.74) is 2.81. The van der Waals surface area contributed by atoms with E-state index in [9.17, 15) is 28.4 Å². The van der Waals surface area contributed by atoms with Crippen molar-refractivity contribution in [3.63, 3.8) is 0 Å². The molecule has 0 spiro atoms. The Kier molecular flexibility index (Phi) is 8.26. The van der Waals surface area contributed by atoms with Gasteiger partial charge in [0.15, 0.2) is 0 Å². The van der Waals surface area contributed by atoms with E-state index in [1.165, 1.54) is 6.07 Å². The monoisotopic (exact) mass is 629 g/mol. The van der Waals surface area contributed by atoms with E-state index < -0.39 is 34.0 Å². The summed E-state index contributed by atoms with van der Waals surface area (Å²) in [5.74, 6) is -1.84. The van der Waals surface area contributed by atoms with Crippen molar-refractivity contribution in [2.75, 3.05) is 6.54 Å². The largest absolute Gasteiger partial charge is 0.480 e. The zero-order valence-corrected chi connectivity index (χ0v) is 22.6. The molecule has 1 aliphatic rings. The van der Waals surface area contributed by atoms with Crippen molar-refractivity contribution in [2.45, 2.75) is 36.2 Å². The number of carboxylic acid groups (broad SMARTS) is 1. The molecule has 3 aromatic rings. The van der Waals surface area contributed by atoms with Crippen LogP contribution >= 0.6 is 22.6 Å². The number of sulfonamides is 1. The van der Waals surface area contributed by atoms with Crippen LogP contribution in [0.1, 0.15) is 24.0 Å². The highest BCUT2D eigenvalue weighted by Gasteiger charge is 2.40. The molecular weight excluding hydrogens is 605 g/mol. The first-order valence-corrected chi connectivity index (χ1v) is 14.1. The third-order valence-electron chi connectivity index (χ3n) is 6.28. The summed E-state index contributed by atoms with van der Waals surface area (Å²) < 4.78 is 28.3. The Hall–Kier alpha value is -3.27. The first-order chi connectivity index (χ1) is 17.7. The maximum absolute atomic E-state index is 13.2. The molecule has 37 heavy (non-hydrogen) atoms. The van der Waals surface area contributed by atoms with Crippen LogP contribution in [0.5, 0.6) is 0 Å². The summed E-state index contributed by atoms with van der Waals surface area (Å²) in [5, 5.41) is 21.7. The molecule has 10 heteroatoms. The van der Waals surface area contributed by atoms with Gasteiger partial charge < -0.3 is 10.4 Å². The van der Waals surface area contributed by atoms with Gasteiger partial charge in [-0.1, -0.05) is 48.5 Å². The van der Waals surface area contributed by atoms with Crippen LogP contribution in [0.3, 0.4) is 0 Å². The Morgan fingerprint density at radius 1 is 1.11 bits per heavy atom. The van der Waals surface area contributed by atoms with E-state index >= 15 is 0 Å². The number of nitriles is 1. The summed E-state index contributed by atoms with van der Waals surface area (Å²) in [7, 11) is -3.91. The second-order valence-corrected chi connectivity index (χ2v) is 11.8. The van der Waals surface area contributed by atoms with Crippen LogP contribution in [-0.4, -0.2) is 48.3 Å². The van der Waals surface area contributed by atoms with E-state index in [1.807, 2.05) is 34.7 Å². The predicted molar refractivity (Wildman–Crippen MR) is 146 cm³/mol. The molecule has 1 heterocycles. The lowest BCUT2D eigenvalue weighted by molar-refractivity contribution is -0.142. The van der Waals surface area contributed by atoms with Crippen molar-refractivity contribution < 1.29 is 23.1 Å². The van der Waals surface area contributed by atoms with Gasteiger partial charge in [0.1, 0.15) is 12.1 Å². The van der Waals surface area contributed by atoms with E-state index in [-0.39, 0.29) is 17.9 Å². The molecule has 0 saturated carbocycles. The Morgan fingerprint density at radius 2 is 1.84 bits per heavy atom. The first kappa shape index (κ1) is 26.8. The standard InChI is InChI=1S/C27H24IN3O5S/c28-21-6-3-7-22(16-21)37(35,36)31-14-4-9-25(31)26(32)30-24(27(33)34)15-18-10-12-19(13-11-18)23-8-2-1-5-20(23)17-29/h1-3,5-8,10-13,16,24-25H,4,9,14-15H2,(H,30,32)(H,33,34)/t24-,25-/m0/s1. The number of carbonyl (C=O) groups excluding carboxylic acids is 1. The Morgan fingerprint density at radius 3 is 2.51 bits per heavy atom. The molecule has 0 aliphatic carbocycles. The van der Waals surface area contributed by atoms with Crippen LogP contribution in [0.15, 0.2) is 77.7 Å². The summed E-state index contributed by atoms with van der Waals surface area (Å²) in [6, 6.07) is 20.7. The molecule has 2 atom stereocenters. The fourth-order valence-electron chi connectivity index (χ4n) is 4.41. The lowest BCUT2D eigenvalue weighted by atomic mass is 9.97. The number of benzene rings is 3. The number of hydrogen-bond acceptors (Lipinski definition) is 5. The van der Waals surface area contributed by atoms with Crippen LogP contribution in [0.25, 0.3) is 11.1 Å². The second kappa shape index (κ2) is 11.4. The van der Waals surface area contributed by atoms with Crippen LogP contribution in [0, 0.1) is 14.9 Å². The van der Waals surface area contributed by atoms with E-state index in [0.29, 0.717) is 24.0 Å². The molecule has 4 rings (SSSR count). The van der Waals surface area contributed by atoms with Gasteiger partial charge >= 0.3 is 5.97 Å². The van der Waals surface area contributed by atoms with Crippen molar-refractivity contribution in [1.82, 2.24) is 9.62 Å². The number of nitrogens with zero attached hydrogens (tertiary/aromatic N) is 2. The maximum atomic E-state index is 13.2. The molecule has 1 amide bonds. The molecule has 8 nitrogen and oxygen atoms in total. The predicted octanol–water partition coefficient (Wildman–Crippen LogP) is 3.80. The zero-order chi connectivity index (χ0) is 26.6. The third kappa shape index (κ3) is 6.01.